The molecule has 0 radical (unpaired) electrons. The van der Waals surface area contributed by atoms with Crippen LogP contribution >= 0.6 is 0 Å². The average molecular weight is 801 g/mol. The minimum atomic E-state index is -0.644. The number of carbonyl (C=O) groups excluding carboxylic acids is 2. The lowest BCUT2D eigenvalue weighted by Gasteiger charge is -2.44. The molecule has 0 aromatic carbocycles. The Morgan fingerprint density at radius 2 is 1.61 bits per heavy atom. The van der Waals surface area contributed by atoms with Gasteiger partial charge in [0.05, 0.1) is 43.1 Å². The van der Waals surface area contributed by atoms with E-state index in [0.717, 1.165) is 56.9 Å². The van der Waals surface area contributed by atoms with Crippen molar-refractivity contribution >= 4 is 11.8 Å². The lowest BCUT2D eigenvalue weighted by atomic mass is 9.64. The van der Waals surface area contributed by atoms with Crippen molar-refractivity contribution in [2.75, 3.05) is 35.4 Å². The number of hydrogen-bond acceptors (Lipinski definition) is 13. The fraction of sp³-hybridized carbons (Fsp3) is 0.860. The van der Waals surface area contributed by atoms with E-state index in [0.29, 0.717) is 12.5 Å². The van der Waals surface area contributed by atoms with Crippen LogP contribution in [0.3, 0.4) is 0 Å². The van der Waals surface area contributed by atoms with Gasteiger partial charge in [0.25, 0.3) is 0 Å². The average Bonchev–Trinajstić information content (AvgIpc) is 3.95. The summed E-state index contributed by atoms with van der Waals surface area (Å²) < 4.78 is 52.2. The Kier molecular flexibility index (Phi) is 13.9. The van der Waals surface area contributed by atoms with Gasteiger partial charge in [-0.1, -0.05) is 25.1 Å². The van der Waals surface area contributed by atoms with Gasteiger partial charge >= 0.3 is 5.97 Å². The predicted molar refractivity (Wildman–Crippen MR) is 209 cm³/mol. The van der Waals surface area contributed by atoms with Crippen molar-refractivity contribution in [3.8, 4) is 0 Å². The summed E-state index contributed by atoms with van der Waals surface area (Å²) in [6, 6.07) is 0.346. The molecule has 1 aromatic rings. The van der Waals surface area contributed by atoms with E-state index in [1.807, 2.05) is 24.7 Å². The minimum Gasteiger partial charge on any atom is -0.462 e. The van der Waals surface area contributed by atoms with Crippen LogP contribution in [0.2, 0.25) is 0 Å². The number of fused-ring (bicyclic) bond motifs is 5. The highest BCUT2D eigenvalue weighted by molar-refractivity contribution is 5.99. The maximum Gasteiger partial charge on any atom is 0.306 e. The van der Waals surface area contributed by atoms with Crippen LogP contribution in [0.1, 0.15) is 97.9 Å². The molecule has 0 bridgehead atoms. The second-order valence-electron chi connectivity index (χ2n) is 17.9. The Hall–Kier alpha value is -2.30. The molecule has 14 heteroatoms. The number of rotatable bonds is 10. The van der Waals surface area contributed by atoms with Gasteiger partial charge < -0.3 is 42.8 Å². The van der Waals surface area contributed by atoms with Crippen LogP contribution < -0.4 is 0 Å². The normalized spacial score (nSPS) is 44.4. The van der Waals surface area contributed by atoms with Gasteiger partial charge in [0.2, 0.25) is 0 Å². The SMILES string of the molecule is CC[C@H]1CCC[C@H](O[C@H]2CC[C@H](N(C)C)C(C)O2)[C@@H](C)C(=O)C2=C[C@@H]3[C@@H](C[C@@H](n4ccnn4)[C@@H]4C[C@@H](O[C@@H]5OC(C)[C@H](OC)C(OC)[C@@H]5OC)C[C@@H]34)[C@@H]2CC(=O)O1. The topological polar surface area (TPSA) is 142 Å². The number of allylic oxidation sites excluding steroid dienone is 2. The van der Waals surface area contributed by atoms with Gasteiger partial charge in [0.15, 0.2) is 18.4 Å². The number of esters is 1. The molecule has 57 heavy (non-hydrogen) atoms. The maximum absolute atomic E-state index is 15.0. The first kappa shape index (κ1) is 42.8. The smallest absolute Gasteiger partial charge is 0.306 e. The fourth-order valence-corrected chi connectivity index (χ4v) is 11.6. The van der Waals surface area contributed by atoms with Gasteiger partial charge in [-0.25, -0.2) is 4.68 Å². The lowest BCUT2D eigenvalue weighted by molar-refractivity contribution is -0.314. The van der Waals surface area contributed by atoms with Crippen molar-refractivity contribution in [1.29, 1.82) is 0 Å². The van der Waals surface area contributed by atoms with Crippen molar-refractivity contribution < 1.29 is 47.5 Å². The lowest BCUT2D eigenvalue weighted by Crippen LogP contribution is -2.59. The summed E-state index contributed by atoms with van der Waals surface area (Å²) in [7, 11) is 9.14. The Bertz CT molecular complexity index is 1530. The minimum absolute atomic E-state index is 0.0205. The molecule has 5 fully saturated rings. The van der Waals surface area contributed by atoms with Crippen LogP contribution in [0.25, 0.3) is 0 Å². The molecule has 3 unspecified atom stereocenters. The van der Waals surface area contributed by atoms with E-state index in [1.165, 1.54) is 0 Å². The van der Waals surface area contributed by atoms with E-state index < -0.39 is 18.3 Å². The number of nitrogens with zero attached hydrogens (tertiary/aromatic N) is 4. The number of likely N-dealkylation sites (N-methyl/N-ethyl adjacent to an activating group) is 1. The predicted octanol–water partition coefficient (Wildman–Crippen LogP) is 5.15. The van der Waals surface area contributed by atoms with Crippen molar-refractivity contribution in [3.63, 3.8) is 0 Å². The number of carbonyl (C=O) groups is 2. The highest BCUT2D eigenvalue weighted by Gasteiger charge is 2.57. The number of aromatic nitrogens is 3. The summed E-state index contributed by atoms with van der Waals surface area (Å²) >= 11 is 0. The van der Waals surface area contributed by atoms with Crippen LogP contribution in [0.4, 0.5) is 0 Å². The summed E-state index contributed by atoms with van der Waals surface area (Å²) in [5.74, 6) is -0.315. The summed E-state index contributed by atoms with van der Waals surface area (Å²) in [6.45, 7) is 8.16. The summed E-state index contributed by atoms with van der Waals surface area (Å²) in [6.07, 6.45) is 10.1. The third-order valence-corrected chi connectivity index (χ3v) is 14.6. The third-order valence-electron chi connectivity index (χ3n) is 14.6. The Balaban J connectivity index is 1.17. The number of cyclic esters (lactones) is 1. The zero-order chi connectivity index (χ0) is 40.5. The highest BCUT2D eigenvalue weighted by Crippen LogP contribution is 2.60. The summed E-state index contributed by atoms with van der Waals surface area (Å²) in [4.78, 5) is 31.0. The quantitative estimate of drug-likeness (QED) is 0.288. The molecule has 3 saturated heterocycles. The number of ether oxygens (including phenoxy) is 8. The van der Waals surface area contributed by atoms with Crippen LogP contribution in [0.15, 0.2) is 24.0 Å². The molecule has 2 saturated carbocycles. The van der Waals surface area contributed by atoms with Crippen LogP contribution in [-0.2, 0) is 47.5 Å². The molecule has 18 atom stereocenters. The summed E-state index contributed by atoms with van der Waals surface area (Å²) in [5.41, 5.74) is 0.752. The molecule has 0 N–H and O–H groups in total. The van der Waals surface area contributed by atoms with Gasteiger partial charge in [0, 0.05) is 45.4 Å². The molecule has 7 rings (SSSR count). The Morgan fingerprint density at radius 3 is 2.28 bits per heavy atom. The van der Waals surface area contributed by atoms with E-state index in [-0.39, 0.29) is 103 Å². The molecule has 6 aliphatic rings. The van der Waals surface area contributed by atoms with Gasteiger partial charge in [-0.3, -0.25) is 9.59 Å². The first-order valence-electron chi connectivity index (χ1n) is 21.6. The number of ketones is 1. The van der Waals surface area contributed by atoms with Crippen LogP contribution in [0.5, 0.6) is 0 Å². The second kappa shape index (κ2) is 18.5. The second-order valence-corrected chi connectivity index (χ2v) is 17.9. The van der Waals surface area contributed by atoms with E-state index in [4.69, 9.17) is 37.9 Å². The van der Waals surface area contributed by atoms with E-state index in [2.05, 4.69) is 49.2 Å². The Morgan fingerprint density at radius 1 is 0.860 bits per heavy atom. The largest absolute Gasteiger partial charge is 0.462 e. The molecule has 14 nitrogen and oxygen atoms in total. The van der Waals surface area contributed by atoms with Crippen molar-refractivity contribution in [1.82, 2.24) is 19.9 Å². The van der Waals surface area contributed by atoms with E-state index in [9.17, 15) is 9.59 Å². The Labute approximate surface area is 338 Å². The van der Waals surface area contributed by atoms with Crippen LogP contribution in [0, 0.1) is 35.5 Å². The van der Waals surface area contributed by atoms with Gasteiger partial charge in [0.1, 0.15) is 24.4 Å². The first-order chi connectivity index (χ1) is 27.5. The molecular weight excluding hydrogens is 732 g/mol. The van der Waals surface area contributed by atoms with Gasteiger partial charge in [-0.15, -0.1) is 5.10 Å². The molecule has 320 valence electrons. The molecule has 0 spiro atoms. The van der Waals surface area contributed by atoms with Gasteiger partial charge in [-0.05, 0) is 115 Å². The highest BCUT2D eigenvalue weighted by atomic mass is 16.7. The van der Waals surface area contributed by atoms with E-state index in [1.54, 1.807) is 27.5 Å². The molecule has 4 heterocycles. The number of Topliss-reactive ketones (excluding diaryl/α,β-unsaturated/α-hetero) is 1. The molecule has 1 aromatic heterocycles. The maximum atomic E-state index is 15.0. The standard InChI is InChI=1S/C43H68N4O10/c1-10-26-12-11-13-36(57-38-15-14-34(46(5)6)24(3)53-38)23(2)39(49)33-20-29-28-18-27(56-43-42(52-9)41(51-8)40(50-7)25(4)54-43)19-32(28)35(47-17-16-44-45-47)21-30(29)31(33)22-37(48)55-26/h16-17,20,23-32,34-36,38,40-43H,10-15,18-19,21-22H2,1-9H3/t23-,24?,25?,26+,27+,28+,29+,30-,31+,32-,34+,35-,36+,38+,40+,41?,42+,43+/m1/s1. The van der Waals surface area contributed by atoms with Crippen LogP contribution in [-0.4, -0.2) is 135 Å². The molecular formula is C43H68N4O10. The first-order valence-corrected chi connectivity index (χ1v) is 21.6. The van der Waals surface area contributed by atoms with Crippen molar-refractivity contribution in [2.24, 2.45) is 35.5 Å². The third kappa shape index (κ3) is 8.80. The van der Waals surface area contributed by atoms with Crippen molar-refractivity contribution in [2.45, 2.75) is 165 Å². The van der Waals surface area contributed by atoms with E-state index >= 15 is 0 Å². The number of hydrogen-bond donors (Lipinski definition) is 0. The fourth-order valence-electron chi connectivity index (χ4n) is 11.6. The molecule has 3 aliphatic heterocycles. The van der Waals surface area contributed by atoms with Crippen molar-refractivity contribution in [3.05, 3.63) is 24.0 Å². The van der Waals surface area contributed by atoms with Gasteiger partial charge in [-0.2, -0.15) is 0 Å². The molecule has 3 aliphatic carbocycles. The molecule has 0 amide bonds. The zero-order valence-corrected chi connectivity index (χ0v) is 35.6. The zero-order valence-electron chi connectivity index (χ0n) is 35.6. The summed E-state index contributed by atoms with van der Waals surface area (Å²) in [5, 5.41) is 8.71. The monoisotopic (exact) mass is 800 g/mol. The number of methoxy groups -OCH3 is 3.